The average Bonchev–Trinajstić information content (AvgIpc) is 2.25. The van der Waals surface area contributed by atoms with Gasteiger partial charge in [-0.1, -0.05) is 30.3 Å². The highest BCUT2D eigenvalue weighted by atomic mass is 14.9. The first kappa shape index (κ1) is 11.2. The summed E-state index contributed by atoms with van der Waals surface area (Å²) in [6, 6.07) is 10.9. The van der Waals surface area contributed by atoms with Gasteiger partial charge in [-0.3, -0.25) is 0 Å². The molecule has 0 amide bonds. The monoisotopic (exact) mass is 192 g/mol. The van der Waals surface area contributed by atoms with E-state index in [1.807, 2.05) is 6.07 Å². The third-order valence-corrected chi connectivity index (χ3v) is 2.38. The molecule has 14 heavy (non-hydrogen) atoms. The summed E-state index contributed by atoms with van der Waals surface area (Å²) in [7, 11) is 0. The first-order chi connectivity index (χ1) is 6.84. The topological polar surface area (TPSA) is 38.0 Å². The molecule has 1 aromatic carbocycles. The summed E-state index contributed by atoms with van der Waals surface area (Å²) in [5.41, 5.74) is 6.78. The summed E-state index contributed by atoms with van der Waals surface area (Å²) in [6.45, 7) is 4.03. The van der Waals surface area contributed by atoms with Gasteiger partial charge in [0.15, 0.2) is 0 Å². The molecule has 0 saturated carbocycles. The van der Waals surface area contributed by atoms with Crippen LogP contribution < -0.4 is 11.1 Å². The van der Waals surface area contributed by atoms with E-state index >= 15 is 0 Å². The highest BCUT2D eigenvalue weighted by Gasteiger charge is 2.01. The first-order valence-electron chi connectivity index (χ1n) is 5.33. The molecule has 0 fully saturated rings. The van der Waals surface area contributed by atoms with Gasteiger partial charge in [0, 0.05) is 6.04 Å². The molecule has 78 valence electrons. The zero-order valence-electron chi connectivity index (χ0n) is 8.87. The second-order valence-corrected chi connectivity index (χ2v) is 3.58. The predicted molar refractivity (Wildman–Crippen MR) is 61.1 cm³/mol. The van der Waals surface area contributed by atoms with Crippen LogP contribution in [0.3, 0.4) is 0 Å². The van der Waals surface area contributed by atoms with Crippen LogP contribution in [0.5, 0.6) is 0 Å². The standard InChI is InChI=1S/C12H20N2/c1-11(14-10-6-5-9-13)12-7-3-2-4-8-12/h2-4,7-8,11,14H,5-6,9-10,13H2,1H3. The Balaban J connectivity index is 2.25. The van der Waals surface area contributed by atoms with Crippen LogP contribution in [0, 0.1) is 0 Å². The normalized spacial score (nSPS) is 12.7. The summed E-state index contributed by atoms with van der Waals surface area (Å²) in [6.07, 6.45) is 2.27. The minimum Gasteiger partial charge on any atom is -0.330 e. The largest absolute Gasteiger partial charge is 0.330 e. The van der Waals surface area contributed by atoms with Crippen molar-refractivity contribution in [2.75, 3.05) is 13.1 Å². The summed E-state index contributed by atoms with van der Waals surface area (Å²) >= 11 is 0. The van der Waals surface area contributed by atoms with Crippen LogP contribution in [-0.2, 0) is 0 Å². The van der Waals surface area contributed by atoms with E-state index in [0.29, 0.717) is 6.04 Å². The average molecular weight is 192 g/mol. The molecule has 0 aliphatic heterocycles. The lowest BCUT2D eigenvalue weighted by Crippen LogP contribution is -2.20. The van der Waals surface area contributed by atoms with Crippen LogP contribution in [0.4, 0.5) is 0 Å². The number of unbranched alkanes of at least 4 members (excludes halogenated alkanes) is 1. The van der Waals surface area contributed by atoms with Gasteiger partial charge < -0.3 is 11.1 Å². The third-order valence-electron chi connectivity index (χ3n) is 2.38. The van der Waals surface area contributed by atoms with E-state index in [9.17, 15) is 0 Å². The fourth-order valence-corrected chi connectivity index (χ4v) is 1.45. The molecule has 2 heteroatoms. The molecular formula is C12H20N2. The molecule has 1 aromatic rings. The van der Waals surface area contributed by atoms with E-state index in [0.717, 1.165) is 25.9 Å². The molecule has 0 heterocycles. The van der Waals surface area contributed by atoms with E-state index in [4.69, 9.17) is 5.73 Å². The summed E-state index contributed by atoms with van der Waals surface area (Å²) in [5.74, 6) is 0. The van der Waals surface area contributed by atoms with Crippen molar-refractivity contribution in [1.82, 2.24) is 5.32 Å². The zero-order valence-corrected chi connectivity index (χ0v) is 8.87. The quantitative estimate of drug-likeness (QED) is 0.677. The van der Waals surface area contributed by atoms with Crippen LogP contribution in [0.1, 0.15) is 31.4 Å². The fourth-order valence-electron chi connectivity index (χ4n) is 1.45. The van der Waals surface area contributed by atoms with Crippen LogP contribution in [-0.4, -0.2) is 13.1 Å². The van der Waals surface area contributed by atoms with Crippen molar-refractivity contribution in [3.8, 4) is 0 Å². The van der Waals surface area contributed by atoms with E-state index in [1.54, 1.807) is 0 Å². The number of hydrogen-bond donors (Lipinski definition) is 2. The molecule has 0 spiro atoms. The predicted octanol–water partition coefficient (Wildman–Crippen LogP) is 2.08. The highest BCUT2D eigenvalue weighted by Crippen LogP contribution is 2.10. The van der Waals surface area contributed by atoms with Gasteiger partial charge in [0.25, 0.3) is 0 Å². The molecule has 1 atom stereocenters. The number of nitrogens with one attached hydrogen (secondary N) is 1. The van der Waals surface area contributed by atoms with Gasteiger partial charge in [0.05, 0.1) is 0 Å². The van der Waals surface area contributed by atoms with Crippen LogP contribution in [0.15, 0.2) is 30.3 Å². The molecule has 1 unspecified atom stereocenters. The third kappa shape index (κ3) is 3.90. The Bertz CT molecular complexity index is 233. The molecule has 0 bridgehead atoms. The number of benzene rings is 1. The Kier molecular flexibility index (Phi) is 5.27. The molecule has 1 rings (SSSR count). The maximum absolute atomic E-state index is 5.43. The molecule has 2 nitrogen and oxygen atoms in total. The maximum atomic E-state index is 5.43. The molecule has 0 saturated heterocycles. The lowest BCUT2D eigenvalue weighted by Gasteiger charge is -2.13. The lowest BCUT2D eigenvalue weighted by molar-refractivity contribution is 0.549. The van der Waals surface area contributed by atoms with Gasteiger partial charge in [-0.05, 0) is 38.4 Å². The van der Waals surface area contributed by atoms with Crippen LogP contribution >= 0.6 is 0 Å². The van der Waals surface area contributed by atoms with Gasteiger partial charge in [-0.15, -0.1) is 0 Å². The van der Waals surface area contributed by atoms with Crippen molar-refractivity contribution in [1.29, 1.82) is 0 Å². The van der Waals surface area contributed by atoms with E-state index in [2.05, 4.69) is 36.5 Å². The van der Waals surface area contributed by atoms with Crippen molar-refractivity contribution in [2.45, 2.75) is 25.8 Å². The summed E-state index contributed by atoms with van der Waals surface area (Å²) in [5, 5.41) is 3.48. The SMILES string of the molecule is CC(NCCCCN)c1ccccc1. The molecule has 0 radical (unpaired) electrons. The van der Waals surface area contributed by atoms with E-state index < -0.39 is 0 Å². The number of nitrogens with two attached hydrogens (primary N) is 1. The number of rotatable bonds is 6. The van der Waals surface area contributed by atoms with Gasteiger partial charge in [-0.25, -0.2) is 0 Å². The zero-order chi connectivity index (χ0) is 10.2. The first-order valence-corrected chi connectivity index (χ1v) is 5.33. The summed E-state index contributed by atoms with van der Waals surface area (Å²) < 4.78 is 0. The molecule has 3 N–H and O–H groups in total. The van der Waals surface area contributed by atoms with Crippen molar-refractivity contribution in [2.24, 2.45) is 5.73 Å². The Morgan fingerprint density at radius 3 is 2.57 bits per heavy atom. The van der Waals surface area contributed by atoms with Crippen LogP contribution in [0.2, 0.25) is 0 Å². The van der Waals surface area contributed by atoms with Gasteiger partial charge in [-0.2, -0.15) is 0 Å². The maximum Gasteiger partial charge on any atom is 0.0291 e. The van der Waals surface area contributed by atoms with E-state index in [1.165, 1.54) is 5.56 Å². The molecule has 0 aliphatic rings. The smallest absolute Gasteiger partial charge is 0.0291 e. The molecular weight excluding hydrogens is 172 g/mol. The fraction of sp³-hybridized carbons (Fsp3) is 0.500. The van der Waals surface area contributed by atoms with E-state index in [-0.39, 0.29) is 0 Å². The lowest BCUT2D eigenvalue weighted by atomic mass is 10.1. The molecule has 0 aliphatic carbocycles. The Hall–Kier alpha value is -0.860. The second-order valence-electron chi connectivity index (χ2n) is 3.58. The van der Waals surface area contributed by atoms with Gasteiger partial charge in [0.1, 0.15) is 0 Å². The highest BCUT2D eigenvalue weighted by molar-refractivity contribution is 5.17. The van der Waals surface area contributed by atoms with Gasteiger partial charge in [0.2, 0.25) is 0 Å². The minimum absolute atomic E-state index is 0.439. The van der Waals surface area contributed by atoms with Gasteiger partial charge >= 0.3 is 0 Å². The van der Waals surface area contributed by atoms with Crippen molar-refractivity contribution >= 4 is 0 Å². The summed E-state index contributed by atoms with van der Waals surface area (Å²) in [4.78, 5) is 0. The van der Waals surface area contributed by atoms with Crippen molar-refractivity contribution < 1.29 is 0 Å². The van der Waals surface area contributed by atoms with Crippen LogP contribution in [0.25, 0.3) is 0 Å². The van der Waals surface area contributed by atoms with Crippen molar-refractivity contribution in [3.05, 3.63) is 35.9 Å². The Morgan fingerprint density at radius 2 is 1.93 bits per heavy atom. The minimum atomic E-state index is 0.439. The molecule has 0 aromatic heterocycles. The Morgan fingerprint density at radius 1 is 1.21 bits per heavy atom. The number of hydrogen-bond acceptors (Lipinski definition) is 2. The van der Waals surface area contributed by atoms with Crippen molar-refractivity contribution in [3.63, 3.8) is 0 Å². The second kappa shape index (κ2) is 6.57. The Labute approximate surface area is 86.5 Å².